The molecule has 0 radical (unpaired) electrons. The number of nitrogens with two attached hydrogens (primary N) is 1. The maximum Gasteiger partial charge on any atom is 0.308 e. The van der Waals surface area contributed by atoms with Crippen LogP contribution in [0.2, 0.25) is 0 Å². The average molecular weight is 256 g/mol. The van der Waals surface area contributed by atoms with E-state index in [1.807, 2.05) is 19.1 Å². The third kappa shape index (κ3) is 5.52. The van der Waals surface area contributed by atoms with Gasteiger partial charge in [0.15, 0.2) is 0 Å². The average Bonchev–Trinajstić information content (AvgIpc) is 2.16. The second-order valence-electron chi connectivity index (χ2n) is 3.93. The largest absolute Gasteiger partial charge is 0.427 e. The van der Waals surface area contributed by atoms with Crippen molar-refractivity contribution in [3.05, 3.63) is 42.0 Å². The van der Waals surface area contributed by atoms with Crippen molar-refractivity contribution in [2.24, 2.45) is 5.73 Å². The van der Waals surface area contributed by atoms with E-state index in [-0.39, 0.29) is 24.4 Å². The Morgan fingerprint density at radius 2 is 1.88 bits per heavy atom. The van der Waals surface area contributed by atoms with Crippen LogP contribution in [0.4, 0.5) is 0 Å². The molecule has 0 bridgehead atoms. The predicted molar refractivity (Wildman–Crippen MR) is 71.4 cm³/mol. The molecule has 0 amide bonds. The van der Waals surface area contributed by atoms with Gasteiger partial charge in [0, 0.05) is 13.0 Å². The molecule has 0 unspecified atom stereocenters. The summed E-state index contributed by atoms with van der Waals surface area (Å²) in [5, 5.41) is 0. The topological polar surface area (TPSA) is 52.3 Å². The number of rotatable bonds is 4. The summed E-state index contributed by atoms with van der Waals surface area (Å²) < 4.78 is 4.93. The molecular formula is C13H18ClNO2. The van der Waals surface area contributed by atoms with Gasteiger partial charge in [0.05, 0.1) is 0 Å². The molecule has 0 aliphatic rings. The van der Waals surface area contributed by atoms with Crippen LogP contribution in [0.25, 0.3) is 0 Å². The number of carbonyl (C=O) groups excluding carboxylic acids is 1. The minimum absolute atomic E-state index is 0. The van der Waals surface area contributed by atoms with Crippen LogP contribution in [-0.2, 0) is 4.79 Å². The fourth-order valence-corrected chi connectivity index (χ4v) is 1.44. The Labute approximate surface area is 108 Å². The van der Waals surface area contributed by atoms with Crippen LogP contribution in [0.3, 0.4) is 0 Å². The second kappa shape index (κ2) is 7.09. The Kier molecular flexibility index (Phi) is 6.54. The Morgan fingerprint density at radius 3 is 2.29 bits per heavy atom. The van der Waals surface area contributed by atoms with Crippen molar-refractivity contribution in [3.8, 4) is 5.75 Å². The van der Waals surface area contributed by atoms with E-state index in [0.29, 0.717) is 5.75 Å². The van der Waals surface area contributed by atoms with Crippen molar-refractivity contribution in [2.45, 2.75) is 26.3 Å². The summed E-state index contributed by atoms with van der Waals surface area (Å²) in [7, 11) is 0. The third-order valence-corrected chi connectivity index (χ3v) is 2.14. The number of hydrogen-bond acceptors (Lipinski definition) is 3. The van der Waals surface area contributed by atoms with Crippen molar-refractivity contribution < 1.29 is 9.53 Å². The highest BCUT2D eigenvalue weighted by atomic mass is 35.5. The van der Waals surface area contributed by atoms with Gasteiger partial charge < -0.3 is 10.5 Å². The van der Waals surface area contributed by atoms with Gasteiger partial charge in [-0.25, -0.2) is 0 Å². The number of halogens is 1. The number of benzene rings is 1. The highest BCUT2D eigenvalue weighted by Crippen LogP contribution is 2.20. The van der Waals surface area contributed by atoms with E-state index in [1.54, 1.807) is 12.1 Å². The van der Waals surface area contributed by atoms with Gasteiger partial charge in [0.2, 0.25) is 0 Å². The lowest BCUT2D eigenvalue weighted by atomic mass is 10.0. The molecule has 0 aliphatic heterocycles. The van der Waals surface area contributed by atoms with Gasteiger partial charge in [-0.1, -0.05) is 17.7 Å². The summed E-state index contributed by atoms with van der Waals surface area (Å²) in [6.07, 6.45) is 0.757. The Bertz CT molecular complexity index is 387. The Hall–Kier alpha value is -1.32. The normalized spacial score (nSPS) is 11.2. The lowest BCUT2D eigenvalue weighted by molar-refractivity contribution is -0.131. The highest BCUT2D eigenvalue weighted by Gasteiger charge is 2.06. The molecule has 0 saturated heterocycles. The summed E-state index contributed by atoms with van der Waals surface area (Å²) in [4.78, 5) is 10.7. The fraction of sp³-hybridized carbons (Fsp3) is 0.308. The van der Waals surface area contributed by atoms with Gasteiger partial charge in [-0.2, -0.15) is 0 Å². The first-order chi connectivity index (χ1) is 7.49. The van der Waals surface area contributed by atoms with Crippen molar-refractivity contribution in [2.75, 3.05) is 0 Å². The molecule has 94 valence electrons. The van der Waals surface area contributed by atoms with Gasteiger partial charge in [-0.15, -0.1) is 19.0 Å². The van der Waals surface area contributed by atoms with Gasteiger partial charge in [0.25, 0.3) is 0 Å². The van der Waals surface area contributed by atoms with E-state index in [1.165, 1.54) is 6.92 Å². The zero-order valence-corrected chi connectivity index (χ0v) is 10.9. The monoisotopic (exact) mass is 255 g/mol. The maximum absolute atomic E-state index is 10.7. The SMILES string of the molecule is C=C(C)C[C@@H](N)c1ccc(OC(C)=O)cc1.Cl. The van der Waals surface area contributed by atoms with E-state index >= 15 is 0 Å². The molecule has 0 aliphatic carbocycles. The van der Waals surface area contributed by atoms with E-state index in [2.05, 4.69) is 6.58 Å². The van der Waals surface area contributed by atoms with Gasteiger partial charge in [-0.3, -0.25) is 4.79 Å². The molecule has 1 rings (SSSR count). The van der Waals surface area contributed by atoms with Crippen molar-refractivity contribution in [1.29, 1.82) is 0 Å². The molecule has 0 aromatic heterocycles. The van der Waals surface area contributed by atoms with Crippen LogP contribution in [0.1, 0.15) is 31.9 Å². The minimum Gasteiger partial charge on any atom is -0.427 e. The van der Waals surface area contributed by atoms with Crippen molar-refractivity contribution >= 4 is 18.4 Å². The zero-order valence-electron chi connectivity index (χ0n) is 10.1. The second-order valence-corrected chi connectivity index (χ2v) is 3.93. The van der Waals surface area contributed by atoms with Gasteiger partial charge >= 0.3 is 5.97 Å². The van der Waals surface area contributed by atoms with Gasteiger partial charge in [0.1, 0.15) is 5.75 Å². The van der Waals surface area contributed by atoms with E-state index in [0.717, 1.165) is 17.6 Å². The first kappa shape index (κ1) is 15.7. The first-order valence-electron chi connectivity index (χ1n) is 5.17. The quantitative estimate of drug-likeness (QED) is 0.511. The molecule has 0 fully saturated rings. The zero-order chi connectivity index (χ0) is 12.1. The van der Waals surface area contributed by atoms with Crippen molar-refractivity contribution in [1.82, 2.24) is 0 Å². The van der Waals surface area contributed by atoms with Crippen LogP contribution in [-0.4, -0.2) is 5.97 Å². The molecule has 1 aromatic carbocycles. The molecule has 17 heavy (non-hydrogen) atoms. The lowest BCUT2D eigenvalue weighted by Crippen LogP contribution is -2.10. The van der Waals surface area contributed by atoms with Crippen LogP contribution in [0, 0.1) is 0 Å². The molecule has 0 spiro atoms. The molecule has 2 N–H and O–H groups in total. The van der Waals surface area contributed by atoms with E-state index in [4.69, 9.17) is 10.5 Å². The lowest BCUT2D eigenvalue weighted by Gasteiger charge is -2.12. The summed E-state index contributed by atoms with van der Waals surface area (Å²) in [5.41, 5.74) is 8.04. The number of carbonyl (C=O) groups is 1. The van der Waals surface area contributed by atoms with E-state index < -0.39 is 0 Å². The number of hydrogen-bond donors (Lipinski definition) is 1. The number of ether oxygens (including phenoxy) is 1. The number of esters is 1. The third-order valence-electron chi connectivity index (χ3n) is 2.14. The van der Waals surface area contributed by atoms with E-state index in [9.17, 15) is 4.79 Å². The summed E-state index contributed by atoms with van der Waals surface area (Å²) in [6.45, 7) is 7.16. The molecule has 1 atom stereocenters. The molecule has 1 aromatic rings. The van der Waals surface area contributed by atoms with Crippen LogP contribution >= 0.6 is 12.4 Å². The van der Waals surface area contributed by atoms with Crippen molar-refractivity contribution in [3.63, 3.8) is 0 Å². The summed E-state index contributed by atoms with van der Waals surface area (Å²) in [6, 6.07) is 7.17. The Morgan fingerprint density at radius 1 is 1.35 bits per heavy atom. The first-order valence-corrected chi connectivity index (χ1v) is 5.17. The molecule has 0 saturated carbocycles. The van der Waals surface area contributed by atoms with Crippen LogP contribution in [0.15, 0.2) is 36.4 Å². The minimum atomic E-state index is -0.320. The maximum atomic E-state index is 10.7. The molecule has 3 nitrogen and oxygen atoms in total. The highest BCUT2D eigenvalue weighted by molar-refractivity contribution is 5.85. The predicted octanol–water partition coefficient (Wildman–Crippen LogP) is 3.00. The van der Waals surface area contributed by atoms with Crippen LogP contribution in [0.5, 0.6) is 5.75 Å². The fourth-order valence-electron chi connectivity index (χ4n) is 1.44. The molecule has 4 heteroatoms. The standard InChI is InChI=1S/C13H17NO2.ClH/c1-9(2)8-13(14)11-4-6-12(7-5-11)16-10(3)15;/h4-7,13H,1,8,14H2,2-3H3;1H/t13-;/m1./s1. The molecule has 0 heterocycles. The van der Waals surface area contributed by atoms with Gasteiger partial charge in [-0.05, 0) is 31.0 Å². The Balaban J connectivity index is 0.00000256. The molecular weight excluding hydrogens is 238 g/mol. The van der Waals surface area contributed by atoms with Crippen LogP contribution < -0.4 is 10.5 Å². The summed E-state index contributed by atoms with van der Waals surface area (Å²) >= 11 is 0. The summed E-state index contributed by atoms with van der Waals surface area (Å²) in [5.74, 6) is 0.220. The smallest absolute Gasteiger partial charge is 0.308 e.